The van der Waals surface area contributed by atoms with Gasteiger partial charge in [-0.2, -0.15) is 0 Å². The number of rotatable bonds is 2. The van der Waals surface area contributed by atoms with Crippen molar-refractivity contribution in [3.8, 4) is 0 Å². The molecule has 0 N–H and O–H groups in total. The van der Waals surface area contributed by atoms with Crippen molar-refractivity contribution in [3.63, 3.8) is 0 Å². The van der Waals surface area contributed by atoms with E-state index in [2.05, 4.69) is 32.7 Å². The van der Waals surface area contributed by atoms with Crippen LogP contribution in [0.25, 0.3) is 11.6 Å². The molecule has 2 aromatic heterocycles. The lowest BCUT2D eigenvalue weighted by molar-refractivity contribution is 0.354. The molecule has 26 heavy (non-hydrogen) atoms. The highest BCUT2D eigenvalue weighted by Crippen LogP contribution is 2.53. The monoisotopic (exact) mass is 363 g/mol. The average Bonchev–Trinajstić information content (AvgIpc) is 3.37. The number of epoxide rings is 1. The van der Waals surface area contributed by atoms with Gasteiger partial charge in [0.1, 0.15) is 0 Å². The van der Waals surface area contributed by atoms with Crippen molar-refractivity contribution < 1.29 is 4.74 Å². The molecule has 3 heterocycles. The summed E-state index contributed by atoms with van der Waals surface area (Å²) >= 11 is 6.36. The van der Waals surface area contributed by atoms with E-state index in [1.165, 1.54) is 5.56 Å². The van der Waals surface area contributed by atoms with Crippen LogP contribution in [-0.2, 0) is 23.8 Å². The fourth-order valence-corrected chi connectivity index (χ4v) is 4.22. The molecular formula is C21H18ClN3O. The molecule has 0 spiro atoms. The van der Waals surface area contributed by atoms with E-state index in [1.54, 1.807) is 0 Å². The Morgan fingerprint density at radius 1 is 1.23 bits per heavy atom. The standard InChI is InChI=1S/C21H18ClN3O/c1-13-20(25(2)12-24-13)21(11-26-21)18-8-15-4-3-7-23-19(15)9-14-5-6-16(22)10-17(14)18/h3-8,10,12H,9,11H2,1-2H3. The summed E-state index contributed by atoms with van der Waals surface area (Å²) in [5, 5.41) is 0.728. The van der Waals surface area contributed by atoms with Crippen molar-refractivity contribution in [1.82, 2.24) is 14.5 Å². The number of hydrogen-bond donors (Lipinski definition) is 0. The molecule has 5 heteroatoms. The molecule has 1 unspecified atom stereocenters. The summed E-state index contributed by atoms with van der Waals surface area (Å²) in [4.78, 5) is 9.08. The number of ether oxygens (including phenoxy) is 1. The van der Waals surface area contributed by atoms with Crippen LogP contribution in [0.4, 0.5) is 0 Å². The first-order chi connectivity index (χ1) is 12.6. The van der Waals surface area contributed by atoms with E-state index in [4.69, 9.17) is 16.3 Å². The highest BCUT2D eigenvalue weighted by Gasteiger charge is 2.54. The number of benzene rings is 1. The third-order valence-electron chi connectivity index (χ3n) is 5.32. The molecular weight excluding hydrogens is 346 g/mol. The predicted octanol–water partition coefficient (Wildman–Crippen LogP) is 4.15. The van der Waals surface area contributed by atoms with Gasteiger partial charge >= 0.3 is 0 Å². The lowest BCUT2D eigenvalue weighted by Gasteiger charge is -2.20. The van der Waals surface area contributed by atoms with Crippen LogP contribution in [0.15, 0.2) is 42.9 Å². The lowest BCUT2D eigenvalue weighted by Crippen LogP contribution is -2.17. The van der Waals surface area contributed by atoms with Crippen LogP contribution in [0.1, 0.15) is 33.8 Å². The zero-order chi connectivity index (χ0) is 17.9. The smallest absolute Gasteiger partial charge is 0.159 e. The minimum atomic E-state index is -0.480. The lowest BCUT2D eigenvalue weighted by atomic mass is 9.86. The molecule has 1 aliphatic carbocycles. The maximum atomic E-state index is 6.36. The Morgan fingerprint density at radius 3 is 2.81 bits per heavy atom. The average molecular weight is 364 g/mol. The Labute approximate surface area is 157 Å². The molecule has 0 amide bonds. The molecule has 1 fully saturated rings. The number of aromatic nitrogens is 3. The predicted molar refractivity (Wildman–Crippen MR) is 102 cm³/mol. The van der Waals surface area contributed by atoms with E-state index in [-0.39, 0.29) is 0 Å². The van der Waals surface area contributed by atoms with Gasteiger partial charge in [-0.25, -0.2) is 4.98 Å². The van der Waals surface area contributed by atoms with Crippen LogP contribution in [0.3, 0.4) is 0 Å². The zero-order valence-corrected chi connectivity index (χ0v) is 15.4. The molecule has 0 bridgehead atoms. The van der Waals surface area contributed by atoms with Crippen LogP contribution in [0.5, 0.6) is 0 Å². The topological polar surface area (TPSA) is 43.2 Å². The molecule has 0 radical (unpaired) electrons. The van der Waals surface area contributed by atoms with Gasteiger partial charge in [-0.05, 0) is 47.9 Å². The Kier molecular flexibility index (Phi) is 3.36. The van der Waals surface area contributed by atoms with E-state index >= 15 is 0 Å². The van der Waals surface area contributed by atoms with Crippen molar-refractivity contribution >= 4 is 23.3 Å². The van der Waals surface area contributed by atoms with Gasteiger partial charge in [0.05, 0.1) is 30.0 Å². The fourth-order valence-electron chi connectivity index (χ4n) is 4.05. The summed E-state index contributed by atoms with van der Waals surface area (Å²) in [5.74, 6) is 0. The number of halogens is 1. The molecule has 1 aliphatic heterocycles. The largest absolute Gasteiger partial charge is 0.358 e. The van der Waals surface area contributed by atoms with E-state index in [9.17, 15) is 0 Å². The molecule has 1 atom stereocenters. The zero-order valence-electron chi connectivity index (χ0n) is 14.7. The molecule has 0 saturated carbocycles. The quantitative estimate of drug-likeness (QED) is 0.642. The number of aryl methyl sites for hydroxylation is 2. The Hall–Kier alpha value is -2.43. The van der Waals surface area contributed by atoms with E-state index in [0.29, 0.717) is 6.61 Å². The van der Waals surface area contributed by atoms with Gasteiger partial charge in [0.15, 0.2) is 5.60 Å². The van der Waals surface area contributed by atoms with Crippen molar-refractivity contribution in [2.45, 2.75) is 18.9 Å². The van der Waals surface area contributed by atoms with Crippen molar-refractivity contribution in [3.05, 3.63) is 81.7 Å². The summed E-state index contributed by atoms with van der Waals surface area (Å²) in [6.45, 7) is 2.67. The highest BCUT2D eigenvalue weighted by atomic mass is 35.5. The van der Waals surface area contributed by atoms with Crippen LogP contribution >= 0.6 is 11.6 Å². The molecule has 130 valence electrons. The Balaban J connectivity index is 1.80. The van der Waals surface area contributed by atoms with Gasteiger partial charge in [0.25, 0.3) is 0 Å². The number of fused-ring (bicyclic) bond motifs is 2. The first-order valence-corrected chi connectivity index (χ1v) is 9.03. The summed E-state index contributed by atoms with van der Waals surface area (Å²) < 4.78 is 8.17. The number of imidazole rings is 1. The molecule has 5 rings (SSSR count). The third-order valence-corrected chi connectivity index (χ3v) is 5.55. The summed E-state index contributed by atoms with van der Waals surface area (Å²) in [6.07, 6.45) is 6.69. The van der Waals surface area contributed by atoms with Gasteiger partial charge in [0, 0.05) is 30.3 Å². The molecule has 1 aromatic carbocycles. The normalized spacial score (nSPS) is 20.8. The molecule has 2 aliphatic rings. The number of hydrogen-bond acceptors (Lipinski definition) is 3. The van der Waals surface area contributed by atoms with Gasteiger partial charge in [-0.15, -0.1) is 0 Å². The van der Waals surface area contributed by atoms with E-state index in [1.807, 2.05) is 44.7 Å². The minimum Gasteiger partial charge on any atom is -0.358 e. The summed E-state index contributed by atoms with van der Waals surface area (Å²) in [6, 6.07) is 10.2. The first-order valence-electron chi connectivity index (χ1n) is 8.66. The Bertz CT molecular complexity index is 1040. The molecule has 3 aromatic rings. The van der Waals surface area contributed by atoms with Crippen LogP contribution in [0, 0.1) is 6.92 Å². The van der Waals surface area contributed by atoms with Crippen LogP contribution in [-0.4, -0.2) is 21.1 Å². The van der Waals surface area contributed by atoms with Gasteiger partial charge < -0.3 is 9.30 Å². The maximum absolute atomic E-state index is 6.36. The molecule has 4 nitrogen and oxygen atoms in total. The second kappa shape index (κ2) is 5.53. The number of pyridine rings is 1. The first kappa shape index (κ1) is 15.8. The van der Waals surface area contributed by atoms with Gasteiger partial charge in [0.2, 0.25) is 0 Å². The second-order valence-corrected chi connectivity index (χ2v) is 7.42. The Morgan fingerprint density at radius 2 is 2.08 bits per heavy atom. The maximum Gasteiger partial charge on any atom is 0.159 e. The molecule has 1 saturated heterocycles. The van der Waals surface area contributed by atoms with E-state index in [0.717, 1.165) is 45.2 Å². The van der Waals surface area contributed by atoms with E-state index < -0.39 is 5.60 Å². The van der Waals surface area contributed by atoms with Crippen LogP contribution < -0.4 is 0 Å². The number of nitrogens with zero attached hydrogens (tertiary/aromatic N) is 3. The third kappa shape index (κ3) is 2.26. The second-order valence-electron chi connectivity index (χ2n) is 6.98. The van der Waals surface area contributed by atoms with Crippen molar-refractivity contribution in [2.24, 2.45) is 7.05 Å². The fraction of sp³-hybridized carbons (Fsp3) is 0.238. The van der Waals surface area contributed by atoms with Crippen molar-refractivity contribution in [1.29, 1.82) is 0 Å². The van der Waals surface area contributed by atoms with Crippen LogP contribution in [0.2, 0.25) is 5.02 Å². The summed E-state index contributed by atoms with van der Waals surface area (Å²) in [5.41, 5.74) is 7.29. The highest BCUT2D eigenvalue weighted by molar-refractivity contribution is 6.30. The SMILES string of the molecule is Cc1ncn(C)c1C1(C2=Cc3cccnc3Cc3ccc(Cl)cc32)CO1. The van der Waals surface area contributed by atoms with Gasteiger partial charge in [-0.3, -0.25) is 4.98 Å². The van der Waals surface area contributed by atoms with Gasteiger partial charge in [-0.1, -0.05) is 23.7 Å². The summed E-state index contributed by atoms with van der Waals surface area (Å²) in [7, 11) is 2.02. The van der Waals surface area contributed by atoms with Crippen molar-refractivity contribution in [2.75, 3.05) is 6.61 Å². The minimum absolute atomic E-state index is 0.480.